The number of rotatable bonds is 7. The first-order valence-corrected chi connectivity index (χ1v) is 10.6. The van der Waals surface area contributed by atoms with Crippen LogP contribution in [0.3, 0.4) is 0 Å². The smallest absolute Gasteiger partial charge is 0.250 e. The Bertz CT molecular complexity index is 920. The predicted octanol–water partition coefficient (Wildman–Crippen LogP) is 1.95. The summed E-state index contributed by atoms with van der Waals surface area (Å²) in [5, 5.41) is 3.37. The number of nitrogens with one attached hydrogen (secondary N) is 1. The molecular weight excluding hydrogens is 378 g/mol. The van der Waals surface area contributed by atoms with Crippen molar-refractivity contribution in [2.75, 3.05) is 19.6 Å². The van der Waals surface area contributed by atoms with Crippen LogP contribution >= 0.6 is 0 Å². The average molecular weight is 410 g/mol. The van der Waals surface area contributed by atoms with Crippen molar-refractivity contribution < 1.29 is 4.79 Å². The molecular formula is C23H31N5O2. The van der Waals surface area contributed by atoms with E-state index in [1.165, 1.54) is 0 Å². The van der Waals surface area contributed by atoms with Gasteiger partial charge in [-0.05, 0) is 42.9 Å². The summed E-state index contributed by atoms with van der Waals surface area (Å²) in [4.78, 5) is 30.2. The van der Waals surface area contributed by atoms with Gasteiger partial charge in [0, 0.05) is 38.3 Å². The van der Waals surface area contributed by atoms with Crippen LogP contribution in [0.15, 0.2) is 58.4 Å². The quantitative estimate of drug-likeness (QED) is 0.540. The molecule has 0 aliphatic carbocycles. The summed E-state index contributed by atoms with van der Waals surface area (Å²) in [6.07, 6.45) is 4.30. The first kappa shape index (κ1) is 21.6. The Morgan fingerprint density at radius 2 is 1.97 bits per heavy atom. The highest BCUT2D eigenvalue weighted by Crippen LogP contribution is 2.19. The third-order valence-corrected chi connectivity index (χ3v) is 5.33. The second-order valence-electron chi connectivity index (χ2n) is 7.78. The maximum Gasteiger partial charge on any atom is 0.250 e. The molecule has 3 rings (SSSR count). The Morgan fingerprint density at radius 1 is 1.20 bits per heavy atom. The van der Waals surface area contributed by atoms with E-state index in [0.717, 1.165) is 49.6 Å². The summed E-state index contributed by atoms with van der Waals surface area (Å²) >= 11 is 0. The third kappa shape index (κ3) is 6.20. The summed E-state index contributed by atoms with van der Waals surface area (Å²) in [5.41, 5.74) is 7.57. The molecule has 1 unspecified atom stereocenters. The van der Waals surface area contributed by atoms with Crippen molar-refractivity contribution in [2.45, 2.75) is 39.3 Å². The summed E-state index contributed by atoms with van der Waals surface area (Å²) in [5.74, 6) is 0.939. The number of pyridine rings is 1. The molecule has 0 bridgehead atoms. The molecule has 1 fully saturated rings. The second kappa shape index (κ2) is 10.6. The number of likely N-dealkylation sites (tertiary alicyclic amines) is 1. The molecule has 3 N–H and O–H groups in total. The number of amides is 1. The van der Waals surface area contributed by atoms with Gasteiger partial charge in [0.2, 0.25) is 5.91 Å². The minimum atomic E-state index is -0.235. The first-order chi connectivity index (χ1) is 14.5. The van der Waals surface area contributed by atoms with Gasteiger partial charge in [0.15, 0.2) is 5.96 Å². The van der Waals surface area contributed by atoms with Gasteiger partial charge in [0.25, 0.3) is 5.56 Å². The van der Waals surface area contributed by atoms with Crippen LogP contribution in [0, 0.1) is 5.92 Å². The van der Waals surface area contributed by atoms with Crippen LogP contribution in [0.4, 0.5) is 0 Å². The molecule has 30 heavy (non-hydrogen) atoms. The molecule has 160 valence electrons. The van der Waals surface area contributed by atoms with E-state index in [1.807, 2.05) is 18.2 Å². The molecule has 1 saturated heterocycles. The lowest BCUT2D eigenvalue weighted by molar-refractivity contribution is -0.119. The number of benzene rings is 1. The zero-order valence-corrected chi connectivity index (χ0v) is 17.6. The number of nitrogens with two attached hydrogens (primary N) is 1. The van der Waals surface area contributed by atoms with Crippen LogP contribution in [0.5, 0.6) is 0 Å². The number of carbonyl (C=O) groups excluding carboxylic acids is 1. The normalized spacial score (nSPS) is 17.0. The molecule has 0 spiro atoms. The third-order valence-electron chi connectivity index (χ3n) is 5.33. The standard InChI is InChI=1S/C23H31N5O2/c1-2-25-23(28-13-5-6-20(17-28)14-21(24)29)26-15-18-8-10-19(11-9-18)16-27-12-4-3-7-22(27)30/h3-4,7-12,20H,2,5-6,13-17H2,1H3,(H2,24,29)(H,25,26). The molecule has 1 aromatic carbocycles. The zero-order valence-electron chi connectivity index (χ0n) is 17.6. The maximum absolute atomic E-state index is 11.9. The highest BCUT2D eigenvalue weighted by Gasteiger charge is 2.23. The SMILES string of the molecule is CCNC(=NCc1ccc(Cn2ccccc2=O)cc1)N1CCCC(CC(N)=O)C1. The fraction of sp³-hybridized carbons (Fsp3) is 0.435. The number of nitrogens with zero attached hydrogens (tertiary/aromatic N) is 3. The Kier molecular flexibility index (Phi) is 7.65. The van der Waals surface area contributed by atoms with Crippen molar-refractivity contribution >= 4 is 11.9 Å². The Hall–Kier alpha value is -3.09. The molecule has 1 aromatic heterocycles. The number of carbonyl (C=O) groups is 1. The molecule has 1 atom stereocenters. The summed E-state index contributed by atoms with van der Waals surface area (Å²) < 4.78 is 1.69. The molecule has 1 amide bonds. The molecule has 1 aliphatic heterocycles. The molecule has 1 aliphatic rings. The van der Waals surface area contributed by atoms with Gasteiger partial charge < -0.3 is 20.5 Å². The monoisotopic (exact) mass is 409 g/mol. The van der Waals surface area contributed by atoms with E-state index in [1.54, 1.807) is 22.9 Å². The van der Waals surface area contributed by atoms with Gasteiger partial charge in [-0.2, -0.15) is 0 Å². The first-order valence-electron chi connectivity index (χ1n) is 10.6. The van der Waals surface area contributed by atoms with Crippen LogP contribution in [-0.4, -0.2) is 41.0 Å². The maximum atomic E-state index is 11.9. The van der Waals surface area contributed by atoms with E-state index in [0.29, 0.717) is 25.4 Å². The lowest BCUT2D eigenvalue weighted by Crippen LogP contribution is -2.47. The van der Waals surface area contributed by atoms with Gasteiger partial charge in [-0.1, -0.05) is 30.3 Å². The zero-order chi connectivity index (χ0) is 21.3. The van der Waals surface area contributed by atoms with Crippen LogP contribution in [-0.2, 0) is 17.9 Å². The predicted molar refractivity (Wildman–Crippen MR) is 119 cm³/mol. The van der Waals surface area contributed by atoms with Gasteiger partial charge >= 0.3 is 0 Å². The summed E-state index contributed by atoms with van der Waals surface area (Å²) in [6.45, 7) is 5.72. The van der Waals surface area contributed by atoms with Crippen LogP contribution < -0.4 is 16.6 Å². The Labute approximate surface area is 177 Å². The number of aliphatic imine (C=N–C) groups is 1. The molecule has 0 saturated carbocycles. The average Bonchev–Trinajstić information content (AvgIpc) is 2.73. The van der Waals surface area contributed by atoms with E-state index in [4.69, 9.17) is 10.7 Å². The van der Waals surface area contributed by atoms with Gasteiger partial charge in [-0.15, -0.1) is 0 Å². The van der Waals surface area contributed by atoms with Crippen molar-refractivity contribution in [1.29, 1.82) is 0 Å². The molecule has 0 radical (unpaired) electrons. The topological polar surface area (TPSA) is 92.7 Å². The number of guanidine groups is 1. The van der Waals surface area contributed by atoms with Crippen LogP contribution in [0.25, 0.3) is 0 Å². The lowest BCUT2D eigenvalue weighted by atomic mass is 9.95. The number of aromatic nitrogens is 1. The van der Waals surface area contributed by atoms with Crippen molar-refractivity contribution in [3.8, 4) is 0 Å². The van der Waals surface area contributed by atoms with Crippen LogP contribution in [0.2, 0.25) is 0 Å². The minimum Gasteiger partial charge on any atom is -0.370 e. The van der Waals surface area contributed by atoms with Crippen LogP contribution in [0.1, 0.15) is 37.3 Å². The Balaban J connectivity index is 1.63. The number of hydrogen-bond acceptors (Lipinski definition) is 3. The Morgan fingerprint density at radius 3 is 2.67 bits per heavy atom. The molecule has 7 heteroatoms. The van der Waals surface area contributed by atoms with Crippen molar-refractivity contribution in [2.24, 2.45) is 16.6 Å². The van der Waals surface area contributed by atoms with Gasteiger partial charge in [-0.3, -0.25) is 9.59 Å². The second-order valence-corrected chi connectivity index (χ2v) is 7.78. The van der Waals surface area contributed by atoms with E-state index >= 15 is 0 Å². The van der Waals surface area contributed by atoms with Crippen molar-refractivity contribution in [3.63, 3.8) is 0 Å². The molecule has 2 aromatic rings. The summed E-state index contributed by atoms with van der Waals surface area (Å²) in [6, 6.07) is 13.4. The largest absolute Gasteiger partial charge is 0.370 e. The molecule has 2 heterocycles. The van der Waals surface area contributed by atoms with E-state index < -0.39 is 0 Å². The van der Waals surface area contributed by atoms with Gasteiger partial charge in [-0.25, -0.2) is 4.99 Å². The van der Waals surface area contributed by atoms with Gasteiger partial charge in [0.05, 0.1) is 13.1 Å². The minimum absolute atomic E-state index is 0.00219. The fourth-order valence-electron chi connectivity index (χ4n) is 3.84. The fourth-order valence-corrected chi connectivity index (χ4v) is 3.84. The van der Waals surface area contributed by atoms with Gasteiger partial charge in [0.1, 0.15) is 0 Å². The molecule has 7 nitrogen and oxygen atoms in total. The summed E-state index contributed by atoms with van der Waals surface area (Å²) in [7, 11) is 0. The van der Waals surface area contributed by atoms with E-state index in [2.05, 4.69) is 29.3 Å². The number of hydrogen-bond donors (Lipinski definition) is 2. The number of primary amides is 1. The lowest BCUT2D eigenvalue weighted by Gasteiger charge is -2.34. The van der Waals surface area contributed by atoms with Crippen molar-refractivity contribution in [3.05, 3.63) is 70.1 Å². The van der Waals surface area contributed by atoms with E-state index in [-0.39, 0.29) is 11.5 Å². The van der Waals surface area contributed by atoms with Crippen molar-refractivity contribution in [1.82, 2.24) is 14.8 Å². The highest BCUT2D eigenvalue weighted by atomic mass is 16.1. The number of piperidine rings is 1. The van der Waals surface area contributed by atoms with E-state index in [9.17, 15) is 9.59 Å². The highest BCUT2D eigenvalue weighted by molar-refractivity contribution is 5.80.